The molecule has 0 atom stereocenters. The van der Waals surface area contributed by atoms with Crippen molar-refractivity contribution in [2.45, 2.75) is 13.1 Å². The smallest absolute Gasteiger partial charge is 0.248 e. The summed E-state index contributed by atoms with van der Waals surface area (Å²) in [6.07, 6.45) is 2.99. The lowest BCUT2D eigenvalue weighted by Gasteiger charge is -2.15. The number of rotatable bonds is 4. The number of anilines is 1. The molecule has 3 heterocycles. The molecule has 2 aromatic heterocycles. The van der Waals surface area contributed by atoms with Crippen LogP contribution in [0.1, 0.15) is 16.0 Å². The highest BCUT2D eigenvalue weighted by Gasteiger charge is 2.19. The molecule has 1 aliphatic rings. The number of halogens is 1. The number of amides is 2. The van der Waals surface area contributed by atoms with Crippen LogP contribution in [0.25, 0.3) is 15.1 Å². The van der Waals surface area contributed by atoms with Crippen LogP contribution < -0.4 is 5.32 Å². The van der Waals surface area contributed by atoms with Crippen molar-refractivity contribution in [2.75, 3.05) is 26.0 Å². The van der Waals surface area contributed by atoms with Gasteiger partial charge in [0.25, 0.3) is 0 Å². The molecule has 8 heteroatoms. The largest absolute Gasteiger partial charge is 0.337 e. The highest BCUT2D eigenvalue weighted by atomic mass is 35.5. The van der Waals surface area contributed by atoms with E-state index in [0.29, 0.717) is 36.0 Å². The molecular formula is C22H21ClN4O2S. The fourth-order valence-electron chi connectivity index (χ4n) is 3.37. The Bertz CT molecular complexity index is 1120. The standard InChI is InChI=1S/C22H21ClN4O2S/c1-26-11-16-7-15(10-24-22(16)25-20(28)13-26)18(23)9-21(29)27(2)12-17-8-14-5-3-4-6-19(14)30-17/h3-10H,11-13H2,1-2H3,(H,24,25,28). The summed E-state index contributed by atoms with van der Waals surface area (Å²) in [5.41, 5.74) is 1.50. The third-order valence-electron chi connectivity index (χ3n) is 4.85. The molecule has 4 rings (SSSR count). The molecule has 0 saturated heterocycles. The van der Waals surface area contributed by atoms with Crippen LogP contribution in [0.3, 0.4) is 0 Å². The zero-order valence-corrected chi connectivity index (χ0v) is 18.3. The van der Waals surface area contributed by atoms with E-state index >= 15 is 0 Å². The number of fused-ring (bicyclic) bond motifs is 2. The molecular weight excluding hydrogens is 420 g/mol. The number of nitrogens with one attached hydrogen (secondary N) is 1. The van der Waals surface area contributed by atoms with E-state index in [-0.39, 0.29) is 11.8 Å². The second-order valence-corrected chi connectivity index (χ2v) is 8.96. The maximum atomic E-state index is 12.7. The SMILES string of the molecule is CN1CC(=O)Nc2ncc(C(Cl)=CC(=O)N(C)Cc3cc4ccccc4s3)cc2C1. The molecule has 0 bridgehead atoms. The van der Waals surface area contributed by atoms with E-state index in [1.807, 2.05) is 30.1 Å². The second kappa shape index (κ2) is 8.55. The third-order valence-corrected chi connectivity index (χ3v) is 6.28. The van der Waals surface area contributed by atoms with E-state index in [2.05, 4.69) is 28.5 Å². The molecule has 6 nitrogen and oxygen atoms in total. The summed E-state index contributed by atoms with van der Waals surface area (Å²) in [4.78, 5) is 33.5. The summed E-state index contributed by atoms with van der Waals surface area (Å²) in [6, 6.07) is 12.1. The lowest BCUT2D eigenvalue weighted by atomic mass is 10.1. The first-order valence-corrected chi connectivity index (χ1v) is 10.7. The maximum Gasteiger partial charge on any atom is 0.248 e. The summed E-state index contributed by atoms with van der Waals surface area (Å²) >= 11 is 8.12. The van der Waals surface area contributed by atoms with E-state index < -0.39 is 0 Å². The van der Waals surface area contributed by atoms with Crippen LogP contribution in [0, 0.1) is 0 Å². The lowest BCUT2D eigenvalue weighted by molar-refractivity contribution is -0.125. The zero-order valence-electron chi connectivity index (χ0n) is 16.7. The molecule has 3 aromatic rings. The van der Waals surface area contributed by atoms with Gasteiger partial charge in [-0.05, 0) is 30.6 Å². The molecule has 2 amide bonds. The Morgan fingerprint density at radius 3 is 2.93 bits per heavy atom. The van der Waals surface area contributed by atoms with Crippen molar-refractivity contribution >= 4 is 55.7 Å². The van der Waals surface area contributed by atoms with Gasteiger partial charge in [-0.15, -0.1) is 11.3 Å². The van der Waals surface area contributed by atoms with Crippen LogP contribution in [0.2, 0.25) is 0 Å². The van der Waals surface area contributed by atoms with Crippen LogP contribution >= 0.6 is 22.9 Å². The van der Waals surface area contributed by atoms with E-state index in [1.165, 1.54) is 16.2 Å². The minimum absolute atomic E-state index is 0.101. The quantitative estimate of drug-likeness (QED) is 0.624. The van der Waals surface area contributed by atoms with Gasteiger partial charge < -0.3 is 10.2 Å². The highest BCUT2D eigenvalue weighted by Crippen LogP contribution is 2.27. The minimum Gasteiger partial charge on any atom is -0.337 e. The monoisotopic (exact) mass is 440 g/mol. The van der Waals surface area contributed by atoms with Gasteiger partial charge in [0.2, 0.25) is 11.8 Å². The number of likely N-dealkylation sites (N-methyl/N-ethyl adjacent to an activating group) is 2. The fourth-order valence-corrected chi connectivity index (χ4v) is 4.68. The third kappa shape index (κ3) is 4.53. The van der Waals surface area contributed by atoms with Gasteiger partial charge in [-0.1, -0.05) is 29.8 Å². The number of carbonyl (C=O) groups is 2. The van der Waals surface area contributed by atoms with Crippen LogP contribution in [-0.4, -0.2) is 47.2 Å². The summed E-state index contributed by atoms with van der Waals surface area (Å²) < 4.78 is 1.20. The van der Waals surface area contributed by atoms with Crippen LogP contribution in [0.15, 0.2) is 48.7 Å². The predicted molar refractivity (Wildman–Crippen MR) is 121 cm³/mol. The molecule has 0 fully saturated rings. The topological polar surface area (TPSA) is 65.5 Å². The number of thiophene rings is 1. The van der Waals surface area contributed by atoms with Crippen molar-refractivity contribution < 1.29 is 9.59 Å². The lowest BCUT2D eigenvalue weighted by Crippen LogP contribution is -2.26. The van der Waals surface area contributed by atoms with E-state index in [4.69, 9.17) is 11.6 Å². The van der Waals surface area contributed by atoms with Crippen LogP contribution in [0.5, 0.6) is 0 Å². The van der Waals surface area contributed by atoms with Gasteiger partial charge in [-0.25, -0.2) is 4.98 Å². The average molecular weight is 441 g/mol. The van der Waals surface area contributed by atoms with E-state index in [9.17, 15) is 9.59 Å². The van der Waals surface area contributed by atoms with Crippen LogP contribution in [0.4, 0.5) is 5.82 Å². The summed E-state index contributed by atoms with van der Waals surface area (Å²) in [5, 5.41) is 4.28. The van der Waals surface area contributed by atoms with Crippen molar-refractivity contribution in [1.29, 1.82) is 0 Å². The Morgan fingerprint density at radius 1 is 1.33 bits per heavy atom. The Labute approximate surface area is 183 Å². The molecule has 0 spiro atoms. The van der Waals surface area contributed by atoms with Gasteiger partial charge in [0, 0.05) is 46.6 Å². The number of carbonyl (C=O) groups excluding carboxylic acids is 2. The number of hydrogen-bond acceptors (Lipinski definition) is 5. The van der Waals surface area contributed by atoms with Crippen molar-refractivity contribution in [2.24, 2.45) is 0 Å². The molecule has 0 unspecified atom stereocenters. The average Bonchev–Trinajstić information content (AvgIpc) is 3.04. The first-order valence-electron chi connectivity index (χ1n) is 9.46. The molecule has 154 valence electrons. The normalized spacial score (nSPS) is 14.9. The molecule has 0 aliphatic carbocycles. The van der Waals surface area contributed by atoms with Gasteiger partial charge in [-0.2, -0.15) is 0 Å². The highest BCUT2D eigenvalue weighted by molar-refractivity contribution is 7.19. The van der Waals surface area contributed by atoms with E-state index in [1.54, 1.807) is 29.5 Å². The summed E-state index contributed by atoms with van der Waals surface area (Å²) in [7, 11) is 3.62. The Kier molecular flexibility index (Phi) is 5.85. The van der Waals surface area contributed by atoms with Crippen LogP contribution in [-0.2, 0) is 22.7 Å². The molecule has 1 aromatic carbocycles. The molecule has 1 aliphatic heterocycles. The van der Waals surface area contributed by atoms with Crippen molar-refractivity contribution in [3.05, 3.63) is 64.7 Å². The first kappa shape index (κ1) is 20.5. The number of pyridine rings is 1. The van der Waals surface area contributed by atoms with Crippen molar-refractivity contribution in [3.8, 4) is 0 Å². The molecule has 30 heavy (non-hydrogen) atoms. The Balaban J connectivity index is 1.49. The van der Waals surface area contributed by atoms with Crippen molar-refractivity contribution in [3.63, 3.8) is 0 Å². The van der Waals surface area contributed by atoms with Gasteiger partial charge in [0.15, 0.2) is 0 Å². The van der Waals surface area contributed by atoms with E-state index in [0.717, 1.165) is 10.4 Å². The Hall–Kier alpha value is -2.74. The molecule has 1 N–H and O–H groups in total. The minimum atomic E-state index is -0.183. The maximum absolute atomic E-state index is 12.7. The van der Waals surface area contributed by atoms with Gasteiger partial charge in [0.1, 0.15) is 5.82 Å². The zero-order chi connectivity index (χ0) is 21.3. The number of nitrogens with zero attached hydrogens (tertiary/aromatic N) is 3. The predicted octanol–water partition coefficient (Wildman–Crippen LogP) is 3.92. The first-order chi connectivity index (χ1) is 14.4. The van der Waals surface area contributed by atoms with Gasteiger partial charge >= 0.3 is 0 Å². The summed E-state index contributed by atoms with van der Waals surface area (Å²) in [5.74, 6) is 0.250. The number of hydrogen-bond donors (Lipinski definition) is 1. The molecule has 0 radical (unpaired) electrons. The van der Waals surface area contributed by atoms with Gasteiger partial charge in [0.05, 0.1) is 18.1 Å². The number of aromatic nitrogens is 1. The second-order valence-electron chi connectivity index (χ2n) is 7.39. The Morgan fingerprint density at radius 2 is 2.13 bits per heavy atom. The fraction of sp³-hybridized carbons (Fsp3) is 0.227. The summed E-state index contributed by atoms with van der Waals surface area (Å²) in [6.45, 7) is 1.38. The van der Waals surface area contributed by atoms with Gasteiger partial charge in [-0.3, -0.25) is 14.5 Å². The number of benzene rings is 1. The molecule has 0 saturated carbocycles. The van der Waals surface area contributed by atoms with Crippen molar-refractivity contribution in [1.82, 2.24) is 14.8 Å².